The molecule has 0 spiro atoms. The van der Waals surface area contributed by atoms with E-state index in [2.05, 4.69) is 4.98 Å². The van der Waals surface area contributed by atoms with Crippen molar-refractivity contribution in [3.8, 4) is 5.88 Å². The van der Waals surface area contributed by atoms with Gasteiger partial charge in [0.2, 0.25) is 5.88 Å². The first kappa shape index (κ1) is 20.5. The van der Waals surface area contributed by atoms with Crippen molar-refractivity contribution in [1.82, 2.24) is 9.88 Å². The molecular weight excluding hydrogens is 356 g/mol. The lowest BCUT2D eigenvalue weighted by molar-refractivity contribution is 0.0204. The maximum atomic E-state index is 12.2. The van der Waals surface area contributed by atoms with Crippen LogP contribution >= 0.6 is 11.6 Å². The molecule has 1 fully saturated rings. The Kier molecular flexibility index (Phi) is 6.89. The second kappa shape index (κ2) is 8.73. The van der Waals surface area contributed by atoms with Crippen LogP contribution in [0.25, 0.3) is 6.08 Å². The predicted octanol–water partition coefficient (Wildman–Crippen LogP) is 3.86. The standard InChI is InChI=1S/C19H27ClN2O4/c1-19(2,3)26-18(24)22-9-7-13(8-10-22)15-12-14(6-5-11-23)16(20)21-17(15)25-4/h5-6,12-13,23H,7-11H2,1-4H3/b6-5+. The molecule has 0 aromatic carbocycles. The molecule has 0 saturated carbocycles. The highest BCUT2D eigenvalue weighted by Gasteiger charge is 2.29. The number of nitrogens with zero attached hydrogens (tertiary/aromatic N) is 2. The van der Waals surface area contributed by atoms with Gasteiger partial charge in [-0.15, -0.1) is 0 Å². The number of methoxy groups -OCH3 is 1. The van der Waals surface area contributed by atoms with E-state index in [-0.39, 0.29) is 18.6 Å². The summed E-state index contributed by atoms with van der Waals surface area (Å²) in [5.41, 5.74) is 1.22. The highest BCUT2D eigenvalue weighted by Crippen LogP contribution is 2.36. The second-order valence-corrected chi connectivity index (χ2v) is 7.65. The normalized spacial score (nSPS) is 16.2. The Morgan fingerprint density at radius 3 is 2.62 bits per heavy atom. The summed E-state index contributed by atoms with van der Waals surface area (Å²) < 4.78 is 10.8. The first-order valence-corrected chi connectivity index (χ1v) is 9.12. The number of carbonyl (C=O) groups excluding carboxylic acids is 1. The van der Waals surface area contributed by atoms with Crippen LogP contribution in [-0.4, -0.2) is 53.5 Å². The molecule has 0 unspecified atom stereocenters. The number of aliphatic hydroxyl groups excluding tert-OH is 1. The van der Waals surface area contributed by atoms with Crippen LogP contribution in [0.4, 0.5) is 4.79 Å². The maximum Gasteiger partial charge on any atom is 0.410 e. The van der Waals surface area contributed by atoms with E-state index in [9.17, 15) is 4.79 Å². The number of likely N-dealkylation sites (tertiary alicyclic amines) is 1. The van der Waals surface area contributed by atoms with Crippen LogP contribution in [0.1, 0.15) is 50.7 Å². The van der Waals surface area contributed by atoms with Gasteiger partial charge >= 0.3 is 6.09 Å². The molecule has 2 heterocycles. The topological polar surface area (TPSA) is 71.9 Å². The Balaban J connectivity index is 2.13. The lowest BCUT2D eigenvalue weighted by Gasteiger charge is -2.34. The number of aromatic nitrogens is 1. The third-order valence-corrected chi connectivity index (χ3v) is 4.48. The number of pyridine rings is 1. The van der Waals surface area contributed by atoms with Crippen LogP contribution in [0.5, 0.6) is 5.88 Å². The molecule has 144 valence electrons. The molecule has 0 aliphatic carbocycles. The van der Waals surface area contributed by atoms with Crippen molar-refractivity contribution in [1.29, 1.82) is 0 Å². The van der Waals surface area contributed by atoms with Gasteiger partial charge in [-0.3, -0.25) is 0 Å². The summed E-state index contributed by atoms with van der Waals surface area (Å²) >= 11 is 6.19. The quantitative estimate of drug-likeness (QED) is 0.800. The van der Waals surface area contributed by atoms with Crippen LogP contribution in [0.2, 0.25) is 5.15 Å². The van der Waals surface area contributed by atoms with E-state index >= 15 is 0 Å². The number of hydrogen-bond donors (Lipinski definition) is 1. The van der Waals surface area contributed by atoms with Crippen LogP contribution in [-0.2, 0) is 4.74 Å². The summed E-state index contributed by atoms with van der Waals surface area (Å²) in [5.74, 6) is 0.724. The molecule has 26 heavy (non-hydrogen) atoms. The lowest BCUT2D eigenvalue weighted by Crippen LogP contribution is -2.41. The molecule has 7 heteroatoms. The summed E-state index contributed by atoms with van der Waals surface area (Å²) in [6, 6.07) is 1.95. The van der Waals surface area contributed by atoms with Gasteiger partial charge in [-0.05, 0) is 45.6 Å². The smallest absolute Gasteiger partial charge is 0.410 e. The van der Waals surface area contributed by atoms with Crippen molar-refractivity contribution in [2.24, 2.45) is 0 Å². The van der Waals surface area contributed by atoms with Crippen LogP contribution in [0.3, 0.4) is 0 Å². The molecule has 0 bridgehead atoms. The van der Waals surface area contributed by atoms with Crippen LogP contribution in [0, 0.1) is 0 Å². The minimum Gasteiger partial charge on any atom is -0.481 e. The van der Waals surface area contributed by atoms with Gasteiger partial charge < -0.3 is 19.5 Å². The molecule has 1 aromatic rings. The SMILES string of the molecule is COc1nc(Cl)c(/C=C/CO)cc1C1CCN(C(=O)OC(C)(C)C)CC1. The number of piperidine rings is 1. The van der Waals surface area contributed by atoms with Crippen molar-refractivity contribution >= 4 is 23.8 Å². The van der Waals surface area contributed by atoms with Crippen molar-refractivity contribution < 1.29 is 19.4 Å². The predicted molar refractivity (Wildman–Crippen MR) is 102 cm³/mol. The fourth-order valence-electron chi connectivity index (χ4n) is 2.96. The Morgan fingerprint density at radius 2 is 2.08 bits per heavy atom. The zero-order valence-corrected chi connectivity index (χ0v) is 16.5. The Hall–Kier alpha value is -1.79. The maximum absolute atomic E-state index is 12.2. The van der Waals surface area contributed by atoms with Gasteiger partial charge in [-0.2, -0.15) is 0 Å². The Morgan fingerprint density at radius 1 is 1.42 bits per heavy atom. The molecule has 1 aliphatic heterocycles. The van der Waals surface area contributed by atoms with Crippen molar-refractivity contribution in [3.63, 3.8) is 0 Å². The van der Waals surface area contributed by atoms with Crippen LogP contribution < -0.4 is 4.74 Å². The zero-order chi connectivity index (χ0) is 19.3. The molecule has 0 radical (unpaired) electrons. The molecule has 1 amide bonds. The lowest BCUT2D eigenvalue weighted by atomic mass is 9.89. The van der Waals surface area contributed by atoms with E-state index in [0.717, 1.165) is 24.0 Å². The van der Waals surface area contributed by atoms with Crippen molar-refractivity contribution in [3.05, 3.63) is 28.4 Å². The molecule has 2 rings (SSSR count). The highest BCUT2D eigenvalue weighted by molar-refractivity contribution is 6.30. The van der Waals surface area contributed by atoms with E-state index in [1.54, 1.807) is 24.2 Å². The van der Waals surface area contributed by atoms with Gasteiger partial charge in [0.25, 0.3) is 0 Å². The Labute approximate surface area is 159 Å². The van der Waals surface area contributed by atoms with E-state index in [1.165, 1.54) is 0 Å². The first-order valence-electron chi connectivity index (χ1n) is 8.75. The molecule has 1 N–H and O–H groups in total. The van der Waals surface area contributed by atoms with Gasteiger partial charge in [-0.1, -0.05) is 23.8 Å². The average Bonchev–Trinajstić information content (AvgIpc) is 2.59. The molecule has 1 aromatic heterocycles. The first-order chi connectivity index (χ1) is 12.2. The zero-order valence-electron chi connectivity index (χ0n) is 15.8. The van der Waals surface area contributed by atoms with Gasteiger partial charge in [-0.25, -0.2) is 9.78 Å². The summed E-state index contributed by atoms with van der Waals surface area (Å²) in [7, 11) is 1.57. The fourth-order valence-corrected chi connectivity index (χ4v) is 3.15. The van der Waals surface area contributed by atoms with Gasteiger partial charge in [0, 0.05) is 24.2 Å². The second-order valence-electron chi connectivity index (χ2n) is 7.29. The van der Waals surface area contributed by atoms with E-state index in [0.29, 0.717) is 24.1 Å². The number of amides is 1. The van der Waals surface area contributed by atoms with E-state index < -0.39 is 5.60 Å². The summed E-state index contributed by atoms with van der Waals surface area (Å²) in [4.78, 5) is 18.3. The van der Waals surface area contributed by atoms with Gasteiger partial charge in [0.05, 0.1) is 13.7 Å². The summed E-state index contributed by atoms with van der Waals surface area (Å²) in [6.07, 6.45) is 4.67. The number of ether oxygens (including phenoxy) is 2. The van der Waals surface area contributed by atoms with E-state index in [4.69, 9.17) is 26.2 Å². The van der Waals surface area contributed by atoms with Gasteiger partial charge in [0.15, 0.2) is 0 Å². The molecule has 1 aliphatic rings. The highest BCUT2D eigenvalue weighted by atomic mass is 35.5. The van der Waals surface area contributed by atoms with Gasteiger partial charge in [0.1, 0.15) is 10.8 Å². The van der Waals surface area contributed by atoms with Crippen LogP contribution in [0.15, 0.2) is 12.1 Å². The largest absolute Gasteiger partial charge is 0.481 e. The number of halogens is 1. The molecular formula is C19H27ClN2O4. The monoisotopic (exact) mass is 382 g/mol. The third kappa shape index (κ3) is 5.35. The summed E-state index contributed by atoms with van der Waals surface area (Å²) in [6.45, 7) is 6.77. The fraction of sp³-hybridized carbons (Fsp3) is 0.579. The average molecular weight is 383 g/mol. The minimum absolute atomic E-state index is 0.0635. The number of hydrogen-bond acceptors (Lipinski definition) is 5. The number of aliphatic hydroxyl groups is 1. The molecule has 6 nitrogen and oxygen atoms in total. The molecule has 1 saturated heterocycles. The van der Waals surface area contributed by atoms with Crippen molar-refractivity contribution in [2.45, 2.75) is 45.1 Å². The minimum atomic E-state index is -0.495. The van der Waals surface area contributed by atoms with E-state index in [1.807, 2.05) is 26.8 Å². The molecule has 0 atom stereocenters. The third-order valence-electron chi connectivity index (χ3n) is 4.18. The number of carbonyl (C=O) groups is 1. The summed E-state index contributed by atoms with van der Waals surface area (Å²) in [5, 5.41) is 9.31. The Bertz CT molecular complexity index is 662. The number of rotatable bonds is 4. The van der Waals surface area contributed by atoms with Crippen molar-refractivity contribution in [2.75, 3.05) is 26.8 Å².